The van der Waals surface area contributed by atoms with Gasteiger partial charge < -0.3 is 9.72 Å². The lowest BCUT2D eigenvalue weighted by Gasteiger charge is -2.12. The van der Waals surface area contributed by atoms with E-state index in [1.807, 2.05) is 13.0 Å². The average Bonchev–Trinajstić information content (AvgIpc) is 2.39. The van der Waals surface area contributed by atoms with Crippen LogP contribution in [-0.4, -0.2) is 20.5 Å². The molecule has 0 atom stereocenters. The van der Waals surface area contributed by atoms with Crippen LogP contribution in [0.5, 0.6) is 5.75 Å². The fourth-order valence-electron chi connectivity index (χ4n) is 1.67. The highest BCUT2D eigenvalue weighted by atomic mass is 32.2. The predicted octanol–water partition coefficient (Wildman–Crippen LogP) is 1.49. The zero-order valence-electron chi connectivity index (χ0n) is 11.0. The molecule has 0 fully saturated rings. The van der Waals surface area contributed by atoms with E-state index in [1.165, 1.54) is 13.2 Å². The number of rotatable bonds is 4. The van der Waals surface area contributed by atoms with Crippen molar-refractivity contribution in [3.8, 4) is 5.75 Å². The van der Waals surface area contributed by atoms with Crippen molar-refractivity contribution < 1.29 is 13.2 Å². The summed E-state index contributed by atoms with van der Waals surface area (Å²) in [6.07, 6.45) is 1.15. The van der Waals surface area contributed by atoms with E-state index >= 15 is 0 Å². The van der Waals surface area contributed by atoms with Crippen molar-refractivity contribution in [3.05, 3.63) is 52.4 Å². The summed E-state index contributed by atoms with van der Waals surface area (Å²) < 4.78 is 32.0. The van der Waals surface area contributed by atoms with Gasteiger partial charge in [0, 0.05) is 12.3 Å². The quantitative estimate of drug-likeness (QED) is 0.894. The largest absolute Gasteiger partial charge is 0.495 e. The first-order valence-electron chi connectivity index (χ1n) is 5.78. The molecule has 0 amide bonds. The van der Waals surface area contributed by atoms with Gasteiger partial charge in [-0.3, -0.25) is 9.52 Å². The standard InChI is InChI=1S/C13H14N2O4S/c1-9-3-5-12(19-2)11(7-9)15-20(17,18)10-4-6-13(16)14-8-10/h3-8,15H,1-2H3,(H,14,16). The number of H-pyrrole nitrogens is 1. The van der Waals surface area contributed by atoms with Crippen LogP contribution in [0.25, 0.3) is 0 Å². The lowest BCUT2D eigenvalue weighted by molar-refractivity contribution is 0.417. The average molecular weight is 294 g/mol. The van der Waals surface area contributed by atoms with E-state index in [-0.39, 0.29) is 10.5 Å². The fraction of sp³-hybridized carbons (Fsp3) is 0.154. The number of hydrogen-bond donors (Lipinski definition) is 2. The molecule has 1 aromatic carbocycles. The number of aromatic nitrogens is 1. The van der Waals surface area contributed by atoms with Crippen LogP contribution in [0.3, 0.4) is 0 Å². The van der Waals surface area contributed by atoms with Crippen LogP contribution in [0.1, 0.15) is 5.56 Å². The number of ether oxygens (including phenoxy) is 1. The van der Waals surface area contributed by atoms with E-state index in [4.69, 9.17) is 4.74 Å². The summed E-state index contributed by atoms with van der Waals surface area (Å²) >= 11 is 0. The molecule has 0 unspecified atom stereocenters. The summed E-state index contributed by atoms with van der Waals surface area (Å²) in [6, 6.07) is 7.56. The van der Waals surface area contributed by atoms with E-state index in [2.05, 4.69) is 9.71 Å². The molecule has 6 nitrogen and oxygen atoms in total. The summed E-state index contributed by atoms with van der Waals surface area (Å²) in [5, 5.41) is 0. The van der Waals surface area contributed by atoms with Gasteiger partial charge in [-0.15, -0.1) is 0 Å². The highest BCUT2D eigenvalue weighted by Gasteiger charge is 2.16. The molecule has 2 N–H and O–H groups in total. The summed E-state index contributed by atoms with van der Waals surface area (Å²) in [7, 11) is -2.32. The second-order valence-corrected chi connectivity index (χ2v) is 5.88. The monoisotopic (exact) mass is 294 g/mol. The Kier molecular flexibility index (Phi) is 3.80. The first kappa shape index (κ1) is 14.1. The molecule has 0 aliphatic heterocycles. The molecular formula is C13H14N2O4S. The second-order valence-electron chi connectivity index (χ2n) is 4.20. The van der Waals surface area contributed by atoms with Gasteiger partial charge in [0.15, 0.2) is 0 Å². The van der Waals surface area contributed by atoms with Crippen LogP contribution < -0.4 is 15.0 Å². The molecule has 1 heterocycles. The van der Waals surface area contributed by atoms with Gasteiger partial charge in [0.25, 0.3) is 10.0 Å². The third-order valence-electron chi connectivity index (χ3n) is 2.67. The summed E-state index contributed by atoms with van der Waals surface area (Å²) in [5.74, 6) is 0.420. The molecule has 0 aliphatic rings. The number of sulfonamides is 1. The molecule has 106 valence electrons. The van der Waals surface area contributed by atoms with Gasteiger partial charge in [0.2, 0.25) is 5.56 Å². The maximum atomic E-state index is 12.2. The highest BCUT2D eigenvalue weighted by Crippen LogP contribution is 2.27. The zero-order chi connectivity index (χ0) is 14.8. The van der Waals surface area contributed by atoms with Crippen molar-refractivity contribution in [1.29, 1.82) is 0 Å². The highest BCUT2D eigenvalue weighted by molar-refractivity contribution is 7.92. The molecule has 1 aromatic heterocycles. The minimum Gasteiger partial charge on any atom is -0.495 e. The second kappa shape index (κ2) is 5.38. The Balaban J connectivity index is 2.40. The van der Waals surface area contributed by atoms with Gasteiger partial charge >= 0.3 is 0 Å². The number of aromatic amines is 1. The van der Waals surface area contributed by atoms with E-state index in [0.29, 0.717) is 11.4 Å². The van der Waals surface area contributed by atoms with Crippen LogP contribution in [0, 0.1) is 6.92 Å². The summed E-state index contributed by atoms with van der Waals surface area (Å²) in [6.45, 7) is 1.84. The lowest BCUT2D eigenvalue weighted by Crippen LogP contribution is -2.15. The van der Waals surface area contributed by atoms with E-state index in [9.17, 15) is 13.2 Å². The van der Waals surface area contributed by atoms with E-state index in [0.717, 1.165) is 17.8 Å². The number of methoxy groups -OCH3 is 1. The number of pyridine rings is 1. The molecule has 0 saturated heterocycles. The van der Waals surface area contributed by atoms with Crippen molar-refractivity contribution in [3.63, 3.8) is 0 Å². The molecule has 0 radical (unpaired) electrons. The Morgan fingerprint density at radius 2 is 1.95 bits per heavy atom. The normalized spacial score (nSPS) is 11.1. The third kappa shape index (κ3) is 3.00. The SMILES string of the molecule is COc1ccc(C)cc1NS(=O)(=O)c1ccc(=O)[nH]c1. The third-order valence-corrected chi connectivity index (χ3v) is 4.03. The van der Waals surface area contributed by atoms with E-state index < -0.39 is 10.0 Å². The van der Waals surface area contributed by atoms with Gasteiger partial charge in [-0.05, 0) is 30.7 Å². The molecular weight excluding hydrogens is 280 g/mol. The van der Waals surface area contributed by atoms with Crippen LogP contribution >= 0.6 is 0 Å². The van der Waals surface area contributed by atoms with Gasteiger partial charge in [-0.25, -0.2) is 8.42 Å². The topological polar surface area (TPSA) is 88.3 Å². The minimum atomic E-state index is -3.78. The van der Waals surface area contributed by atoms with Crippen LogP contribution in [0.2, 0.25) is 0 Å². The molecule has 2 rings (SSSR count). The Morgan fingerprint density at radius 3 is 2.55 bits per heavy atom. The number of hydrogen-bond acceptors (Lipinski definition) is 4. The number of anilines is 1. The molecule has 0 spiro atoms. The van der Waals surface area contributed by atoms with Crippen LogP contribution in [0.4, 0.5) is 5.69 Å². The summed E-state index contributed by atoms with van der Waals surface area (Å²) in [5.41, 5.74) is 0.876. The molecule has 0 saturated carbocycles. The van der Waals surface area contributed by atoms with Crippen LogP contribution in [-0.2, 0) is 10.0 Å². The molecule has 2 aromatic rings. The zero-order valence-corrected chi connectivity index (χ0v) is 11.8. The first-order valence-corrected chi connectivity index (χ1v) is 7.27. The molecule has 20 heavy (non-hydrogen) atoms. The maximum Gasteiger partial charge on any atom is 0.263 e. The molecule has 7 heteroatoms. The van der Waals surface area contributed by atoms with E-state index in [1.54, 1.807) is 12.1 Å². The van der Waals surface area contributed by atoms with Crippen molar-refractivity contribution in [2.24, 2.45) is 0 Å². The Morgan fingerprint density at radius 1 is 1.20 bits per heavy atom. The smallest absolute Gasteiger partial charge is 0.263 e. The Labute approximate surface area is 116 Å². The number of aryl methyl sites for hydroxylation is 1. The van der Waals surface area contributed by atoms with Crippen molar-refractivity contribution >= 4 is 15.7 Å². The van der Waals surface area contributed by atoms with Crippen LogP contribution in [0.15, 0.2) is 46.2 Å². The fourth-order valence-corrected chi connectivity index (χ4v) is 2.70. The Hall–Kier alpha value is -2.28. The van der Waals surface area contributed by atoms with Gasteiger partial charge in [0.05, 0.1) is 12.8 Å². The lowest BCUT2D eigenvalue weighted by atomic mass is 10.2. The minimum absolute atomic E-state index is 0.0272. The van der Waals surface area contributed by atoms with Crippen molar-refractivity contribution in [1.82, 2.24) is 4.98 Å². The van der Waals surface area contributed by atoms with Gasteiger partial charge in [0.1, 0.15) is 10.6 Å². The van der Waals surface area contributed by atoms with Crippen molar-refractivity contribution in [2.75, 3.05) is 11.8 Å². The molecule has 0 bridgehead atoms. The van der Waals surface area contributed by atoms with Crippen molar-refractivity contribution in [2.45, 2.75) is 11.8 Å². The van der Waals surface area contributed by atoms with Gasteiger partial charge in [-0.1, -0.05) is 6.07 Å². The summed E-state index contributed by atoms with van der Waals surface area (Å²) in [4.78, 5) is 13.3. The first-order chi connectivity index (χ1) is 9.42. The number of benzene rings is 1. The van der Waals surface area contributed by atoms with Gasteiger partial charge in [-0.2, -0.15) is 0 Å². The number of nitrogens with one attached hydrogen (secondary N) is 2. The molecule has 0 aliphatic carbocycles. The Bertz CT molecular complexity index is 761. The predicted molar refractivity (Wildman–Crippen MR) is 75.6 cm³/mol. The maximum absolute atomic E-state index is 12.2.